The predicted molar refractivity (Wildman–Crippen MR) is 71.3 cm³/mol. The number of Topliss-reactive ketones (excluding diaryl/α,β-unsaturated/α-hetero) is 1. The highest BCUT2D eigenvalue weighted by molar-refractivity contribution is 6.22. The Bertz CT molecular complexity index is 623. The van der Waals surface area contributed by atoms with Crippen molar-refractivity contribution >= 4 is 23.4 Å². The normalized spacial score (nSPS) is 14.5. The number of hydrogen-bond acceptors (Lipinski definition) is 4. The molecule has 0 saturated carbocycles. The average molecular weight is 271 g/mol. The summed E-state index contributed by atoms with van der Waals surface area (Å²) in [6.07, 6.45) is 1.16. The van der Waals surface area contributed by atoms with Gasteiger partial charge in [0.05, 0.1) is 17.7 Å². The fourth-order valence-electron chi connectivity index (χ4n) is 1.93. The summed E-state index contributed by atoms with van der Waals surface area (Å²) in [5.74, 6) is -1.63. The Hall–Kier alpha value is -2.56. The first kappa shape index (κ1) is 13.9. The summed E-state index contributed by atoms with van der Waals surface area (Å²) < 4.78 is 0. The largest absolute Gasteiger partial charge is 0.295 e. The molecule has 0 atom stereocenters. The maximum atomic E-state index is 12.0. The standard InChI is InChI=1S/C15H13NO4/c1-9(10(2)17)7-11(18)8-16-14(19)12-5-3-4-6-13(12)15(16)20/h3-7H,8H2,1-2H3/b9-7+. The van der Waals surface area contributed by atoms with Gasteiger partial charge in [-0.1, -0.05) is 12.1 Å². The molecule has 5 heteroatoms. The van der Waals surface area contributed by atoms with Crippen molar-refractivity contribution in [3.8, 4) is 0 Å². The van der Waals surface area contributed by atoms with Gasteiger partial charge >= 0.3 is 0 Å². The van der Waals surface area contributed by atoms with Gasteiger partial charge in [0.15, 0.2) is 11.6 Å². The molecule has 0 bridgehead atoms. The Kier molecular flexibility index (Phi) is 3.61. The van der Waals surface area contributed by atoms with Crippen LogP contribution in [0.15, 0.2) is 35.9 Å². The van der Waals surface area contributed by atoms with Crippen LogP contribution in [0.4, 0.5) is 0 Å². The highest BCUT2D eigenvalue weighted by Gasteiger charge is 2.35. The number of carbonyl (C=O) groups excluding carboxylic acids is 4. The summed E-state index contributed by atoms with van der Waals surface area (Å²) in [4.78, 5) is 47.8. The van der Waals surface area contributed by atoms with E-state index in [0.29, 0.717) is 16.7 Å². The van der Waals surface area contributed by atoms with E-state index in [2.05, 4.69) is 0 Å². The van der Waals surface area contributed by atoms with Gasteiger partial charge in [0, 0.05) is 0 Å². The number of hydrogen-bond donors (Lipinski definition) is 0. The zero-order valence-corrected chi connectivity index (χ0v) is 11.2. The summed E-state index contributed by atoms with van der Waals surface area (Å²) in [6.45, 7) is 2.51. The fourth-order valence-corrected chi connectivity index (χ4v) is 1.93. The number of ketones is 2. The second-order valence-corrected chi connectivity index (χ2v) is 4.59. The molecule has 1 heterocycles. The minimum atomic E-state index is -0.479. The number of amides is 2. The minimum Gasteiger partial charge on any atom is -0.295 e. The summed E-state index contributed by atoms with van der Waals surface area (Å²) >= 11 is 0. The van der Waals surface area contributed by atoms with Crippen LogP contribution in [0.5, 0.6) is 0 Å². The van der Waals surface area contributed by atoms with E-state index in [-0.39, 0.29) is 12.3 Å². The van der Waals surface area contributed by atoms with Gasteiger partial charge in [-0.15, -0.1) is 0 Å². The highest BCUT2D eigenvalue weighted by atomic mass is 16.2. The maximum absolute atomic E-state index is 12.0. The van der Waals surface area contributed by atoms with E-state index in [1.807, 2.05) is 0 Å². The molecule has 1 aromatic rings. The van der Waals surface area contributed by atoms with E-state index in [4.69, 9.17) is 0 Å². The first-order valence-corrected chi connectivity index (χ1v) is 6.09. The molecule has 1 aliphatic heterocycles. The topological polar surface area (TPSA) is 71.5 Å². The molecule has 1 aliphatic rings. The predicted octanol–water partition coefficient (Wildman–Crippen LogP) is 1.39. The van der Waals surface area contributed by atoms with Crippen molar-refractivity contribution in [1.82, 2.24) is 4.90 Å². The summed E-state index contributed by atoms with van der Waals surface area (Å²) in [5.41, 5.74) is 0.904. The Labute approximate surface area is 115 Å². The van der Waals surface area contributed by atoms with Crippen LogP contribution < -0.4 is 0 Å². The number of benzene rings is 1. The third-order valence-electron chi connectivity index (χ3n) is 3.12. The molecular formula is C15H13NO4. The smallest absolute Gasteiger partial charge is 0.261 e. The SMILES string of the molecule is CC(=O)/C(C)=C/C(=O)CN1C(=O)c2ccccc2C1=O. The summed E-state index contributed by atoms with van der Waals surface area (Å²) in [6, 6.07) is 6.43. The molecule has 0 aliphatic carbocycles. The van der Waals surface area contributed by atoms with Crippen molar-refractivity contribution < 1.29 is 19.2 Å². The molecule has 0 unspecified atom stereocenters. The van der Waals surface area contributed by atoms with Crippen LogP contribution in [0.2, 0.25) is 0 Å². The number of carbonyl (C=O) groups is 4. The molecule has 102 valence electrons. The van der Waals surface area contributed by atoms with Crippen molar-refractivity contribution in [2.75, 3.05) is 6.54 Å². The van der Waals surface area contributed by atoms with Crippen LogP contribution in [0.1, 0.15) is 34.6 Å². The third kappa shape index (κ3) is 2.42. The lowest BCUT2D eigenvalue weighted by molar-refractivity contribution is -0.116. The van der Waals surface area contributed by atoms with Gasteiger partial charge in [0.2, 0.25) is 0 Å². The Morgan fingerprint density at radius 2 is 1.55 bits per heavy atom. The zero-order chi connectivity index (χ0) is 14.9. The zero-order valence-electron chi connectivity index (χ0n) is 11.2. The van der Waals surface area contributed by atoms with Crippen molar-refractivity contribution in [3.63, 3.8) is 0 Å². The molecule has 20 heavy (non-hydrogen) atoms. The van der Waals surface area contributed by atoms with E-state index >= 15 is 0 Å². The van der Waals surface area contributed by atoms with E-state index in [9.17, 15) is 19.2 Å². The van der Waals surface area contributed by atoms with Crippen LogP contribution in [-0.4, -0.2) is 34.8 Å². The number of nitrogens with zero attached hydrogens (tertiary/aromatic N) is 1. The number of imide groups is 1. The molecule has 0 radical (unpaired) electrons. The van der Waals surface area contributed by atoms with Crippen molar-refractivity contribution in [1.29, 1.82) is 0 Å². The molecule has 0 aromatic heterocycles. The number of allylic oxidation sites excluding steroid dienone is 1. The van der Waals surface area contributed by atoms with Gasteiger partial charge in [0.1, 0.15) is 0 Å². The fraction of sp³-hybridized carbons (Fsp3) is 0.200. The summed E-state index contributed by atoms with van der Waals surface area (Å²) in [5, 5.41) is 0. The molecule has 1 aromatic carbocycles. The second-order valence-electron chi connectivity index (χ2n) is 4.59. The third-order valence-corrected chi connectivity index (χ3v) is 3.12. The number of fused-ring (bicyclic) bond motifs is 1. The lowest BCUT2D eigenvalue weighted by atomic mass is 10.1. The van der Waals surface area contributed by atoms with Crippen molar-refractivity contribution in [2.45, 2.75) is 13.8 Å². The van der Waals surface area contributed by atoms with Gasteiger partial charge in [-0.25, -0.2) is 0 Å². The van der Waals surface area contributed by atoms with Gasteiger partial charge in [-0.05, 0) is 37.6 Å². The van der Waals surface area contributed by atoms with Crippen LogP contribution in [0, 0.1) is 0 Å². The Morgan fingerprint density at radius 3 is 2.00 bits per heavy atom. The molecule has 0 N–H and O–H groups in total. The summed E-state index contributed by atoms with van der Waals surface area (Å²) in [7, 11) is 0. The quantitative estimate of drug-likeness (QED) is 0.612. The van der Waals surface area contributed by atoms with Crippen LogP contribution in [-0.2, 0) is 9.59 Å². The lowest BCUT2D eigenvalue weighted by Crippen LogP contribution is -2.34. The first-order chi connectivity index (χ1) is 9.41. The molecule has 2 rings (SSSR count). The molecule has 0 spiro atoms. The number of rotatable bonds is 4. The van der Waals surface area contributed by atoms with Crippen LogP contribution in [0.3, 0.4) is 0 Å². The first-order valence-electron chi connectivity index (χ1n) is 6.09. The lowest BCUT2D eigenvalue weighted by Gasteiger charge is -2.11. The average Bonchev–Trinajstić information content (AvgIpc) is 2.64. The minimum absolute atomic E-state index is 0.222. The Morgan fingerprint density at radius 1 is 1.05 bits per heavy atom. The Balaban J connectivity index is 2.19. The molecule has 5 nitrogen and oxygen atoms in total. The molecule has 2 amide bonds. The van der Waals surface area contributed by atoms with Gasteiger partial charge in [-0.2, -0.15) is 0 Å². The highest BCUT2D eigenvalue weighted by Crippen LogP contribution is 2.22. The van der Waals surface area contributed by atoms with E-state index in [1.54, 1.807) is 24.3 Å². The monoisotopic (exact) mass is 271 g/mol. The molecule has 0 fully saturated rings. The molecular weight excluding hydrogens is 258 g/mol. The van der Waals surface area contributed by atoms with Gasteiger partial charge < -0.3 is 0 Å². The van der Waals surface area contributed by atoms with E-state index in [0.717, 1.165) is 11.0 Å². The van der Waals surface area contributed by atoms with Crippen molar-refractivity contribution in [3.05, 3.63) is 47.0 Å². The molecule has 0 saturated heterocycles. The second kappa shape index (κ2) is 5.21. The maximum Gasteiger partial charge on any atom is 0.261 e. The van der Waals surface area contributed by atoms with Gasteiger partial charge in [-0.3, -0.25) is 24.1 Å². The van der Waals surface area contributed by atoms with E-state index in [1.165, 1.54) is 13.8 Å². The van der Waals surface area contributed by atoms with Crippen molar-refractivity contribution in [2.24, 2.45) is 0 Å². The van der Waals surface area contributed by atoms with E-state index < -0.39 is 17.6 Å². The van der Waals surface area contributed by atoms with Gasteiger partial charge in [0.25, 0.3) is 11.8 Å². The van der Waals surface area contributed by atoms with Crippen LogP contribution in [0.25, 0.3) is 0 Å². The van der Waals surface area contributed by atoms with Crippen LogP contribution >= 0.6 is 0 Å².